The highest BCUT2D eigenvalue weighted by Crippen LogP contribution is 2.26. The van der Waals surface area contributed by atoms with Crippen LogP contribution in [0, 0.1) is 0 Å². The summed E-state index contributed by atoms with van der Waals surface area (Å²) in [5.41, 5.74) is -5.04. The number of nitrogens with one attached hydrogen (secondary N) is 2. The van der Waals surface area contributed by atoms with Crippen molar-refractivity contribution in [2.45, 2.75) is 11.7 Å². The predicted octanol–water partition coefficient (Wildman–Crippen LogP) is -1.16. The van der Waals surface area contributed by atoms with Crippen LogP contribution < -0.4 is 10.9 Å². The molecule has 0 aliphatic heterocycles. The molecule has 0 saturated carbocycles. The molecule has 1 heterocycles. The van der Waals surface area contributed by atoms with Gasteiger partial charge in [-0.3, -0.25) is 9.59 Å². The number of aromatic amines is 1. The molecule has 0 unspecified atom stereocenters. The minimum Gasteiger partial charge on any atom is -0.394 e. The summed E-state index contributed by atoms with van der Waals surface area (Å²) in [6.07, 6.45) is -4.76. The van der Waals surface area contributed by atoms with Crippen molar-refractivity contribution in [3.8, 4) is 0 Å². The van der Waals surface area contributed by atoms with Gasteiger partial charge in [0.15, 0.2) is 0 Å². The number of aliphatic hydroxyl groups excluding tert-OH is 3. The minimum absolute atomic E-state index is 0.509. The fraction of sp³-hybridized carbons (Fsp3) is 0.455. The van der Waals surface area contributed by atoms with Crippen molar-refractivity contribution in [2.75, 3.05) is 19.8 Å². The number of amides is 1. The first kappa shape index (κ1) is 17.1. The molecule has 7 nitrogen and oxygen atoms in total. The number of carbonyl (C=O) groups excluding carboxylic acids is 1. The molecular weight excluding hydrogens is 297 g/mol. The molecule has 0 radical (unpaired) electrons. The van der Waals surface area contributed by atoms with Gasteiger partial charge >= 0.3 is 6.18 Å². The second-order valence-corrected chi connectivity index (χ2v) is 4.32. The van der Waals surface area contributed by atoms with Crippen LogP contribution >= 0.6 is 0 Å². The number of pyridine rings is 1. The summed E-state index contributed by atoms with van der Waals surface area (Å²) < 4.78 is 37.1. The Balaban J connectivity index is 3.07. The van der Waals surface area contributed by atoms with E-state index in [9.17, 15) is 22.8 Å². The van der Waals surface area contributed by atoms with Gasteiger partial charge in [0.1, 0.15) is 16.8 Å². The van der Waals surface area contributed by atoms with Gasteiger partial charge in [0.2, 0.25) is 0 Å². The molecule has 0 spiro atoms. The Bertz CT molecular complexity index is 557. The van der Waals surface area contributed by atoms with Crippen molar-refractivity contribution in [3.63, 3.8) is 0 Å². The molecule has 10 heteroatoms. The Hall–Kier alpha value is -1.91. The summed E-state index contributed by atoms with van der Waals surface area (Å²) in [7, 11) is 0. The van der Waals surface area contributed by atoms with Crippen molar-refractivity contribution in [1.29, 1.82) is 0 Å². The van der Waals surface area contributed by atoms with E-state index in [1.54, 1.807) is 0 Å². The van der Waals surface area contributed by atoms with Crippen LogP contribution in [0.2, 0.25) is 0 Å². The van der Waals surface area contributed by atoms with Crippen LogP contribution in [0.25, 0.3) is 0 Å². The van der Waals surface area contributed by atoms with Gasteiger partial charge in [-0.25, -0.2) is 0 Å². The molecule has 0 bridgehead atoms. The first-order chi connectivity index (χ1) is 9.69. The van der Waals surface area contributed by atoms with Crippen LogP contribution in [0.15, 0.2) is 16.9 Å². The number of hydrogen-bond acceptors (Lipinski definition) is 5. The molecule has 118 valence electrons. The summed E-state index contributed by atoms with van der Waals surface area (Å²) in [5, 5.41) is 29.1. The van der Waals surface area contributed by atoms with E-state index < -0.39 is 54.3 Å². The van der Waals surface area contributed by atoms with Crippen LogP contribution in [-0.2, 0) is 6.18 Å². The molecule has 1 rings (SSSR count). The van der Waals surface area contributed by atoms with E-state index in [-0.39, 0.29) is 0 Å². The number of hydrogen-bond donors (Lipinski definition) is 5. The number of carbonyl (C=O) groups is 1. The van der Waals surface area contributed by atoms with Gasteiger partial charge in [-0.1, -0.05) is 0 Å². The number of aliphatic hydroxyl groups is 3. The van der Waals surface area contributed by atoms with E-state index in [2.05, 4.69) is 0 Å². The molecular formula is C11H13F3N2O5. The summed E-state index contributed by atoms with van der Waals surface area (Å²) in [5.74, 6) is -1.14. The third-order valence-electron chi connectivity index (χ3n) is 2.75. The van der Waals surface area contributed by atoms with Gasteiger partial charge < -0.3 is 25.6 Å². The zero-order valence-electron chi connectivity index (χ0n) is 10.6. The monoisotopic (exact) mass is 310 g/mol. The number of H-pyrrole nitrogens is 1. The summed E-state index contributed by atoms with van der Waals surface area (Å²) in [6.45, 7) is -2.49. The summed E-state index contributed by atoms with van der Waals surface area (Å²) in [6, 6.07) is 1.17. The number of aromatic nitrogens is 1. The van der Waals surface area contributed by atoms with Crippen LogP contribution in [0.5, 0.6) is 0 Å². The van der Waals surface area contributed by atoms with E-state index in [0.717, 1.165) is 0 Å². The third-order valence-corrected chi connectivity index (χ3v) is 2.75. The maximum Gasteiger partial charge on any atom is 0.431 e. The highest BCUT2D eigenvalue weighted by molar-refractivity contribution is 5.94. The van der Waals surface area contributed by atoms with Crippen LogP contribution in [0.3, 0.4) is 0 Å². The van der Waals surface area contributed by atoms with E-state index in [1.807, 2.05) is 5.32 Å². The smallest absolute Gasteiger partial charge is 0.394 e. The number of rotatable bonds is 5. The van der Waals surface area contributed by atoms with Gasteiger partial charge in [0, 0.05) is 0 Å². The Labute approximate surface area is 116 Å². The van der Waals surface area contributed by atoms with Gasteiger partial charge in [-0.2, -0.15) is 13.2 Å². The van der Waals surface area contributed by atoms with Crippen LogP contribution in [0.4, 0.5) is 13.2 Å². The second kappa shape index (κ2) is 6.24. The first-order valence-electron chi connectivity index (χ1n) is 5.65. The van der Waals surface area contributed by atoms with Crippen molar-refractivity contribution in [3.05, 3.63) is 33.7 Å². The predicted molar refractivity (Wildman–Crippen MR) is 63.5 cm³/mol. The molecule has 0 aliphatic rings. The van der Waals surface area contributed by atoms with Crippen molar-refractivity contribution in [1.82, 2.24) is 10.3 Å². The third kappa shape index (κ3) is 3.80. The van der Waals surface area contributed by atoms with E-state index >= 15 is 0 Å². The Kier molecular flexibility index (Phi) is 5.10. The number of alkyl halides is 3. The fourth-order valence-corrected chi connectivity index (χ4v) is 1.39. The van der Waals surface area contributed by atoms with Crippen LogP contribution in [0.1, 0.15) is 16.1 Å². The maximum atomic E-state index is 12.4. The molecule has 0 atom stereocenters. The molecule has 21 heavy (non-hydrogen) atoms. The first-order valence-corrected chi connectivity index (χ1v) is 5.65. The average molecular weight is 310 g/mol. The van der Waals surface area contributed by atoms with E-state index in [0.29, 0.717) is 12.1 Å². The lowest BCUT2D eigenvalue weighted by atomic mass is 10.0. The highest BCUT2D eigenvalue weighted by Gasteiger charge is 2.34. The molecule has 1 amide bonds. The van der Waals surface area contributed by atoms with Gasteiger partial charge in [0.25, 0.3) is 11.5 Å². The van der Waals surface area contributed by atoms with Crippen molar-refractivity contribution >= 4 is 5.91 Å². The molecule has 1 aromatic heterocycles. The lowest BCUT2D eigenvalue weighted by molar-refractivity contribution is -0.141. The Morgan fingerprint density at radius 3 is 2.05 bits per heavy atom. The molecule has 5 N–H and O–H groups in total. The quantitative estimate of drug-likeness (QED) is 0.469. The summed E-state index contributed by atoms with van der Waals surface area (Å²) in [4.78, 5) is 24.8. The molecule has 0 fully saturated rings. The SMILES string of the molecule is O=C(NC(CO)(CO)CO)c1ccc(C(F)(F)F)[nH]c1=O. The zero-order chi connectivity index (χ0) is 16.3. The van der Waals surface area contributed by atoms with Crippen molar-refractivity contribution in [2.24, 2.45) is 0 Å². The van der Waals surface area contributed by atoms with E-state index in [4.69, 9.17) is 15.3 Å². The lowest BCUT2D eigenvalue weighted by Gasteiger charge is -2.28. The van der Waals surface area contributed by atoms with Crippen molar-refractivity contribution < 1.29 is 33.3 Å². The second-order valence-electron chi connectivity index (χ2n) is 4.32. The fourth-order valence-electron chi connectivity index (χ4n) is 1.39. The largest absolute Gasteiger partial charge is 0.431 e. The highest BCUT2D eigenvalue weighted by atomic mass is 19.4. The molecule has 0 saturated heterocycles. The van der Waals surface area contributed by atoms with Gasteiger partial charge in [0.05, 0.1) is 19.8 Å². The van der Waals surface area contributed by atoms with Crippen LogP contribution in [-0.4, -0.2) is 51.6 Å². The van der Waals surface area contributed by atoms with Gasteiger partial charge in [-0.15, -0.1) is 0 Å². The molecule has 1 aromatic rings. The summed E-state index contributed by atoms with van der Waals surface area (Å²) >= 11 is 0. The Morgan fingerprint density at radius 2 is 1.67 bits per heavy atom. The Morgan fingerprint density at radius 1 is 1.14 bits per heavy atom. The van der Waals surface area contributed by atoms with Gasteiger partial charge in [-0.05, 0) is 12.1 Å². The van der Waals surface area contributed by atoms with E-state index in [1.165, 1.54) is 4.98 Å². The lowest BCUT2D eigenvalue weighted by Crippen LogP contribution is -2.57. The molecule has 0 aliphatic carbocycles. The zero-order valence-corrected chi connectivity index (χ0v) is 10.6. The minimum atomic E-state index is -4.76. The number of halogens is 3. The molecule has 0 aromatic carbocycles. The average Bonchev–Trinajstić information content (AvgIpc) is 2.43. The topological polar surface area (TPSA) is 123 Å². The normalized spacial score (nSPS) is 12.3. The maximum absolute atomic E-state index is 12.4. The standard InChI is InChI=1S/C11H13F3N2O5/c12-11(13,14)7-2-1-6(8(20)15-7)9(21)16-10(3-17,4-18)5-19/h1-2,17-19H,3-5H2,(H,15,20)(H,16,21).